The fourth-order valence-corrected chi connectivity index (χ4v) is 3.88. The molecule has 0 aromatic heterocycles. The molecule has 0 radical (unpaired) electrons. The summed E-state index contributed by atoms with van der Waals surface area (Å²) in [6, 6.07) is 25.3. The van der Waals surface area contributed by atoms with Crippen LogP contribution in [0, 0.1) is 0 Å². The molecule has 3 aromatic rings. The van der Waals surface area contributed by atoms with Crippen LogP contribution in [0.1, 0.15) is 22.3 Å². The number of nitrogens with zero attached hydrogens (tertiary/aromatic N) is 2. The van der Waals surface area contributed by atoms with E-state index in [0.717, 1.165) is 16.7 Å². The number of rotatable bonds is 4. The Kier molecular flexibility index (Phi) is 6.15. The summed E-state index contributed by atoms with van der Waals surface area (Å²) >= 11 is 6.25. The van der Waals surface area contributed by atoms with Crippen molar-refractivity contribution in [2.24, 2.45) is 0 Å². The Morgan fingerprint density at radius 3 is 2.20 bits per heavy atom. The molecule has 1 heterocycles. The highest BCUT2D eigenvalue weighted by molar-refractivity contribution is 6.31. The van der Waals surface area contributed by atoms with Gasteiger partial charge in [-0.15, -0.1) is 0 Å². The van der Waals surface area contributed by atoms with Gasteiger partial charge in [0.1, 0.15) is 0 Å². The number of carbonyl (C=O) groups is 2. The van der Waals surface area contributed by atoms with Gasteiger partial charge in [-0.05, 0) is 34.9 Å². The topological polar surface area (TPSA) is 40.6 Å². The van der Waals surface area contributed by atoms with E-state index in [1.165, 1.54) is 0 Å². The molecule has 4 rings (SSSR count). The molecule has 0 atom stereocenters. The molecule has 0 N–H and O–H groups in total. The van der Waals surface area contributed by atoms with Crippen molar-refractivity contribution in [3.8, 4) is 11.1 Å². The summed E-state index contributed by atoms with van der Waals surface area (Å²) in [4.78, 5) is 29.1. The molecule has 0 unspecified atom stereocenters. The quantitative estimate of drug-likeness (QED) is 0.605. The first-order valence-electron chi connectivity index (χ1n) is 10.1. The standard InChI is InChI=1S/C25H23ClN2O2/c26-23-9-5-4-8-22(23)18-28-17-16-27(15-14-24(28)29)25(30)21-12-10-20(11-13-21)19-6-2-1-3-7-19/h1-13H,14-18H2. The van der Waals surface area contributed by atoms with Crippen LogP contribution in [0.3, 0.4) is 0 Å². The highest BCUT2D eigenvalue weighted by atomic mass is 35.5. The Labute approximate surface area is 181 Å². The Hall–Kier alpha value is -3.11. The number of hydrogen-bond donors (Lipinski definition) is 0. The summed E-state index contributed by atoms with van der Waals surface area (Å²) in [5.74, 6) is 0.00616. The summed E-state index contributed by atoms with van der Waals surface area (Å²) in [5, 5.41) is 0.654. The Balaban J connectivity index is 1.43. The third kappa shape index (κ3) is 4.55. The lowest BCUT2D eigenvalue weighted by atomic mass is 10.0. The SMILES string of the molecule is O=C1CCN(C(=O)c2ccc(-c3ccccc3)cc2)CCN1Cc1ccccc1Cl. The summed E-state index contributed by atoms with van der Waals surface area (Å²) in [6.07, 6.45) is 0.318. The largest absolute Gasteiger partial charge is 0.336 e. The molecule has 0 spiro atoms. The first-order chi connectivity index (χ1) is 14.6. The number of benzene rings is 3. The molecule has 1 aliphatic rings. The summed E-state index contributed by atoms with van der Waals surface area (Å²) in [5.41, 5.74) is 3.75. The van der Waals surface area contributed by atoms with E-state index < -0.39 is 0 Å². The van der Waals surface area contributed by atoms with Gasteiger partial charge in [0.25, 0.3) is 5.91 Å². The molecule has 2 amide bonds. The van der Waals surface area contributed by atoms with Crippen molar-refractivity contribution >= 4 is 23.4 Å². The van der Waals surface area contributed by atoms with Crippen molar-refractivity contribution < 1.29 is 9.59 Å². The predicted molar refractivity (Wildman–Crippen MR) is 119 cm³/mol. The van der Waals surface area contributed by atoms with Crippen LogP contribution >= 0.6 is 11.6 Å². The van der Waals surface area contributed by atoms with E-state index in [4.69, 9.17) is 11.6 Å². The molecular weight excluding hydrogens is 396 g/mol. The lowest BCUT2D eigenvalue weighted by Crippen LogP contribution is -2.35. The predicted octanol–water partition coefficient (Wildman–Crippen LogP) is 4.88. The smallest absolute Gasteiger partial charge is 0.253 e. The lowest BCUT2D eigenvalue weighted by molar-refractivity contribution is -0.130. The van der Waals surface area contributed by atoms with Crippen molar-refractivity contribution in [1.29, 1.82) is 0 Å². The monoisotopic (exact) mass is 418 g/mol. The number of carbonyl (C=O) groups excluding carboxylic acids is 2. The van der Waals surface area contributed by atoms with Crippen LogP contribution in [0.4, 0.5) is 0 Å². The van der Waals surface area contributed by atoms with E-state index in [0.29, 0.717) is 43.2 Å². The van der Waals surface area contributed by atoms with E-state index >= 15 is 0 Å². The van der Waals surface area contributed by atoms with Gasteiger partial charge in [0.15, 0.2) is 0 Å². The van der Waals surface area contributed by atoms with Gasteiger partial charge in [-0.25, -0.2) is 0 Å². The first kappa shape index (κ1) is 20.2. The molecular formula is C25H23ClN2O2. The van der Waals surface area contributed by atoms with Gasteiger partial charge < -0.3 is 9.80 Å². The molecule has 30 heavy (non-hydrogen) atoms. The van der Waals surface area contributed by atoms with E-state index in [1.54, 1.807) is 9.80 Å². The summed E-state index contributed by atoms with van der Waals surface area (Å²) < 4.78 is 0. The molecule has 1 saturated heterocycles. The van der Waals surface area contributed by atoms with Gasteiger partial charge in [-0.2, -0.15) is 0 Å². The van der Waals surface area contributed by atoms with Crippen molar-refractivity contribution in [2.75, 3.05) is 19.6 Å². The van der Waals surface area contributed by atoms with Crippen LogP contribution in [0.2, 0.25) is 5.02 Å². The maximum atomic E-state index is 13.0. The van der Waals surface area contributed by atoms with Crippen LogP contribution in [-0.4, -0.2) is 41.2 Å². The zero-order chi connectivity index (χ0) is 20.9. The van der Waals surface area contributed by atoms with Crippen molar-refractivity contribution in [3.63, 3.8) is 0 Å². The average Bonchev–Trinajstić information content (AvgIpc) is 2.97. The fourth-order valence-electron chi connectivity index (χ4n) is 3.69. The second kappa shape index (κ2) is 9.14. The highest BCUT2D eigenvalue weighted by Crippen LogP contribution is 2.21. The molecule has 3 aromatic carbocycles. The summed E-state index contributed by atoms with van der Waals surface area (Å²) in [7, 11) is 0. The second-order valence-electron chi connectivity index (χ2n) is 7.39. The third-order valence-corrected chi connectivity index (χ3v) is 5.80. The van der Waals surface area contributed by atoms with Crippen molar-refractivity contribution in [2.45, 2.75) is 13.0 Å². The van der Waals surface area contributed by atoms with Crippen LogP contribution in [-0.2, 0) is 11.3 Å². The van der Waals surface area contributed by atoms with Crippen LogP contribution in [0.25, 0.3) is 11.1 Å². The van der Waals surface area contributed by atoms with Gasteiger partial charge in [-0.1, -0.05) is 72.3 Å². The zero-order valence-electron chi connectivity index (χ0n) is 16.6. The third-order valence-electron chi connectivity index (χ3n) is 5.43. The van der Waals surface area contributed by atoms with Crippen LogP contribution < -0.4 is 0 Å². The number of halogens is 1. The molecule has 0 saturated carbocycles. The minimum Gasteiger partial charge on any atom is -0.336 e. The van der Waals surface area contributed by atoms with Gasteiger partial charge in [0, 0.05) is 43.2 Å². The maximum Gasteiger partial charge on any atom is 0.253 e. The molecule has 5 heteroatoms. The Morgan fingerprint density at radius 1 is 0.800 bits per heavy atom. The zero-order valence-corrected chi connectivity index (χ0v) is 17.4. The van der Waals surface area contributed by atoms with E-state index in [9.17, 15) is 9.59 Å². The molecule has 4 nitrogen and oxygen atoms in total. The van der Waals surface area contributed by atoms with Gasteiger partial charge in [0.2, 0.25) is 5.91 Å². The second-order valence-corrected chi connectivity index (χ2v) is 7.80. The lowest BCUT2D eigenvalue weighted by Gasteiger charge is -2.23. The van der Waals surface area contributed by atoms with Crippen LogP contribution in [0.15, 0.2) is 78.9 Å². The normalized spacial score (nSPS) is 14.5. The number of amides is 2. The molecule has 152 valence electrons. The number of hydrogen-bond acceptors (Lipinski definition) is 2. The van der Waals surface area contributed by atoms with E-state index in [1.807, 2.05) is 78.9 Å². The summed E-state index contributed by atoms with van der Waals surface area (Å²) in [6.45, 7) is 1.90. The van der Waals surface area contributed by atoms with Gasteiger partial charge in [0.05, 0.1) is 0 Å². The van der Waals surface area contributed by atoms with Crippen molar-refractivity contribution in [3.05, 3.63) is 95.0 Å². The van der Waals surface area contributed by atoms with E-state index in [2.05, 4.69) is 0 Å². The molecule has 1 fully saturated rings. The molecule has 1 aliphatic heterocycles. The first-order valence-corrected chi connectivity index (χ1v) is 10.5. The van der Waals surface area contributed by atoms with E-state index in [-0.39, 0.29) is 11.8 Å². The molecule has 0 bridgehead atoms. The average molecular weight is 419 g/mol. The highest BCUT2D eigenvalue weighted by Gasteiger charge is 2.25. The van der Waals surface area contributed by atoms with Gasteiger partial charge >= 0.3 is 0 Å². The molecule has 0 aliphatic carbocycles. The van der Waals surface area contributed by atoms with Crippen LogP contribution in [0.5, 0.6) is 0 Å². The Morgan fingerprint density at radius 2 is 1.47 bits per heavy atom. The van der Waals surface area contributed by atoms with Gasteiger partial charge in [-0.3, -0.25) is 9.59 Å². The maximum absolute atomic E-state index is 13.0. The fraction of sp³-hybridized carbons (Fsp3) is 0.200. The Bertz CT molecular complexity index is 1030. The minimum absolute atomic E-state index is 0.0398. The van der Waals surface area contributed by atoms with Crippen molar-refractivity contribution in [1.82, 2.24) is 9.80 Å². The minimum atomic E-state index is -0.0398.